The first-order valence-corrected chi connectivity index (χ1v) is 1.48. The lowest BCUT2D eigenvalue weighted by atomic mass is 10.6. The normalized spacial score (nSPS) is 3.67. The quantitative estimate of drug-likeness (QED) is 0.331. The van der Waals surface area contributed by atoms with Gasteiger partial charge < -0.3 is 0 Å². The zero-order valence-corrected chi connectivity index (χ0v) is 3.72. The van der Waals surface area contributed by atoms with Crippen molar-refractivity contribution in [2.24, 2.45) is 0 Å². The van der Waals surface area contributed by atoms with Gasteiger partial charge in [-0.1, -0.05) is 25.3 Å². The second kappa shape index (κ2) is 34.5. The molecule has 0 N–H and O–H groups in total. The number of terminal acetylenes is 1. The summed E-state index contributed by atoms with van der Waals surface area (Å²) in [7, 11) is 0. The van der Waals surface area contributed by atoms with Gasteiger partial charge in [0, 0.05) is 0 Å². The zero-order valence-electron chi connectivity index (χ0n) is 3.72. The van der Waals surface area contributed by atoms with Crippen molar-refractivity contribution in [1.82, 2.24) is 0 Å². The van der Waals surface area contributed by atoms with Gasteiger partial charge in [-0.2, -0.15) is 0 Å². The zero-order chi connectivity index (χ0) is 5.41. The summed E-state index contributed by atoms with van der Waals surface area (Å²) in [6, 6.07) is 0. The van der Waals surface area contributed by atoms with Crippen molar-refractivity contribution >= 4 is 0 Å². The van der Waals surface area contributed by atoms with Crippen molar-refractivity contribution in [3.05, 3.63) is 25.3 Å². The molecule has 0 fully saturated rings. The molecule has 6 heavy (non-hydrogen) atoms. The van der Waals surface area contributed by atoms with E-state index in [1.807, 2.05) is 0 Å². The summed E-state index contributed by atoms with van der Waals surface area (Å²) in [6.45, 7) is 6.72. The molecule has 0 nitrogen and oxygen atoms in total. The van der Waals surface area contributed by atoms with E-state index in [1.54, 1.807) is 12.2 Å². The van der Waals surface area contributed by atoms with Crippen molar-refractivity contribution in [3.8, 4) is 12.8 Å². The minimum absolute atomic E-state index is 1.64. The fourth-order valence-electron chi connectivity index (χ4n) is 0. The highest BCUT2D eigenvalue weighted by atomic mass is 13.4. The van der Waals surface area contributed by atoms with Gasteiger partial charge in [0.2, 0.25) is 0 Å². The summed E-state index contributed by atoms with van der Waals surface area (Å²) < 4.78 is 0. The largest absolute Gasteiger partial charge is 0.124 e. The Morgan fingerprint density at radius 1 is 1.00 bits per heavy atom. The molecule has 0 aromatic rings. The lowest BCUT2D eigenvalue weighted by molar-refractivity contribution is 2.15. The van der Waals surface area contributed by atoms with Crippen molar-refractivity contribution in [1.29, 1.82) is 0 Å². The predicted molar refractivity (Wildman–Crippen MR) is 30.3 cm³/mol. The van der Waals surface area contributed by atoms with E-state index in [-0.39, 0.29) is 0 Å². The molecule has 0 saturated carbocycles. The van der Waals surface area contributed by atoms with E-state index in [0.29, 0.717) is 0 Å². The topological polar surface area (TPSA) is 0 Å². The Hall–Kier alpha value is -0.960. The van der Waals surface area contributed by atoms with Crippen LogP contribution in [0.3, 0.4) is 0 Å². The summed E-state index contributed by atoms with van der Waals surface area (Å²) in [5, 5.41) is 0. The van der Waals surface area contributed by atoms with Crippen LogP contribution in [0.1, 0.15) is 0 Å². The molecule has 0 heterocycles. The monoisotopic (exact) mass is 80.1 g/mol. The SMILES string of the molecule is C#C.C=CC=C. The van der Waals surface area contributed by atoms with Crippen LogP contribution in [0.4, 0.5) is 0 Å². The number of allylic oxidation sites excluding steroid dienone is 2. The molecule has 0 aliphatic carbocycles. The van der Waals surface area contributed by atoms with Crippen molar-refractivity contribution in [2.45, 2.75) is 0 Å². The molecule has 0 aromatic heterocycles. The molecule has 0 aliphatic rings. The van der Waals surface area contributed by atoms with E-state index < -0.39 is 0 Å². The summed E-state index contributed by atoms with van der Waals surface area (Å²) in [6.07, 6.45) is 11.3. The Kier molecular flexibility index (Phi) is 51.2. The number of hydrogen-bond donors (Lipinski definition) is 0. The second-order valence-electron chi connectivity index (χ2n) is 0.471. The lowest BCUT2D eigenvalue weighted by Gasteiger charge is -1.44. The van der Waals surface area contributed by atoms with Gasteiger partial charge in [-0.05, 0) is 0 Å². The van der Waals surface area contributed by atoms with Crippen molar-refractivity contribution in [2.75, 3.05) is 0 Å². The third kappa shape index (κ3) is 7910. The molecule has 0 amide bonds. The molecule has 0 aliphatic heterocycles. The third-order valence-electron chi connectivity index (χ3n) is 0.167. The first-order chi connectivity index (χ1) is 2.91. The van der Waals surface area contributed by atoms with E-state index in [9.17, 15) is 0 Å². The van der Waals surface area contributed by atoms with Gasteiger partial charge in [0.15, 0.2) is 0 Å². The molecule has 0 aromatic carbocycles. The molecule has 0 rings (SSSR count). The predicted octanol–water partition coefficient (Wildman–Crippen LogP) is 1.61. The van der Waals surface area contributed by atoms with Gasteiger partial charge in [-0.3, -0.25) is 0 Å². The molecule has 32 valence electrons. The van der Waals surface area contributed by atoms with Crippen molar-refractivity contribution in [3.63, 3.8) is 0 Å². The maximum atomic E-state index is 4.00. The average molecular weight is 80.1 g/mol. The Bertz CT molecular complexity index is 42.3. The van der Waals surface area contributed by atoms with Crippen LogP contribution in [-0.2, 0) is 0 Å². The smallest absolute Gasteiger partial charge is 0.0701 e. The van der Waals surface area contributed by atoms with Gasteiger partial charge in [0.05, 0.1) is 0 Å². The fraction of sp³-hybridized carbons (Fsp3) is 0. The maximum Gasteiger partial charge on any atom is -0.0701 e. The van der Waals surface area contributed by atoms with Gasteiger partial charge in [-0.25, -0.2) is 0 Å². The Balaban J connectivity index is 0. The van der Waals surface area contributed by atoms with Gasteiger partial charge >= 0.3 is 0 Å². The molecule has 0 heteroatoms. The molecule has 0 saturated heterocycles. The molecule has 0 unspecified atom stereocenters. The minimum Gasteiger partial charge on any atom is -0.124 e. The Morgan fingerprint density at radius 3 is 1.17 bits per heavy atom. The summed E-state index contributed by atoms with van der Waals surface area (Å²) >= 11 is 0. The van der Waals surface area contributed by atoms with Crippen LogP contribution in [0, 0.1) is 12.8 Å². The van der Waals surface area contributed by atoms with E-state index in [2.05, 4.69) is 26.0 Å². The summed E-state index contributed by atoms with van der Waals surface area (Å²) in [5.74, 6) is 0. The summed E-state index contributed by atoms with van der Waals surface area (Å²) in [4.78, 5) is 0. The van der Waals surface area contributed by atoms with Crippen LogP contribution in [0.2, 0.25) is 0 Å². The van der Waals surface area contributed by atoms with Crippen LogP contribution < -0.4 is 0 Å². The highest BCUT2D eigenvalue weighted by molar-refractivity contribution is 4.88. The molecule has 0 radical (unpaired) electrons. The van der Waals surface area contributed by atoms with Crippen LogP contribution >= 0.6 is 0 Å². The standard InChI is InChI=1S/C4H6.C2H2/c1-3-4-2;1-2/h3-4H,1-2H2;1-2H. The van der Waals surface area contributed by atoms with Gasteiger partial charge in [-0.15, -0.1) is 12.8 Å². The molecule has 0 bridgehead atoms. The Morgan fingerprint density at radius 2 is 1.17 bits per heavy atom. The maximum absolute atomic E-state index is 4.00. The van der Waals surface area contributed by atoms with Crippen LogP contribution in [0.15, 0.2) is 25.3 Å². The van der Waals surface area contributed by atoms with Gasteiger partial charge in [0.25, 0.3) is 0 Å². The third-order valence-corrected chi connectivity index (χ3v) is 0.167. The molecule has 0 spiro atoms. The first kappa shape index (κ1) is 8.90. The molecular formula is C6H8. The van der Waals surface area contributed by atoms with E-state index in [4.69, 9.17) is 0 Å². The minimum atomic E-state index is 1.64. The van der Waals surface area contributed by atoms with Crippen LogP contribution in [0.5, 0.6) is 0 Å². The second-order valence-corrected chi connectivity index (χ2v) is 0.471. The van der Waals surface area contributed by atoms with Crippen LogP contribution in [-0.4, -0.2) is 0 Å². The van der Waals surface area contributed by atoms with Crippen LogP contribution in [0.25, 0.3) is 0 Å². The Labute approximate surface area is 39.2 Å². The molecule has 0 atom stereocenters. The highest BCUT2D eigenvalue weighted by Gasteiger charge is 1.29. The van der Waals surface area contributed by atoms with E-state index in [0.717, 1.165) is 0 Å². The highest BCUT2D eigenvalue weighted by Crippen LogP contribution is 1.52. The fourth-order valence-corrected chi connectivity index (χ4v) is 0. The summed E-state index contributed by atoms with van der Waals surface area (Å²) in [5.41, 5.74) is 0. The molecular weight excluding hydrogens is 72.1 g/mol. The van der Waals surface area contributed by atoms with E-state index in [1.165, 1.54) is 0 Å². The number of hydrogen-bond acceptors (Lipinski definition) is 0. The number of rotatable bonds is 1. The van der Waals surface area contributed by atoms with E-state index >= 15 is 0 Å². The first-order valence-electron chi connectivity index (χ1n) is 1.48. The average Bonchev–Trinajstić information content (AvgIpc) is 1.72. The van der Waals surface area contributed by atoms with Crippen molar-refractivity contribution < 1.29 is 0 Å². The lowest BCUT2D eigenvalue weighted by Crippen LogP contribution is -1.21. The van der Waals surface area contributed by atoms with Gasteiger partial charge in [0.1, 0.15) is 0 Å².